The second-order valence-electron chi connectivity index (χ2n) is 5.78. The summed E-state index contributed by atoms with van der Waals surface area (Å²) in [6.45, 7) is 6.28. The molecule has 0 radical (unpaired) electrons. The first-order valence-corrected chi connectivity index (χ1v) is 8.25. The van der Waals surface area contributed by atoms with E-state index >= 15 is 0 Å². The standard InChI is InChI=1S/C22H23N/c1-3-23-16-20-14-15-21(18-10-6-4-7-11-18)22(17(20)2)19-12-8-5-9-13-19/h4-15,23H,3,16H2,1-2H3. The van der Waals surface area contributed by atoms with Crippen LogP contribution in [0.15, 0.2) is 72.8 Å². The van der Waals surface area contributed by atoms with Gasteiger partial charge in [0.2, 0.25) is 0 Å². The Balaban J connectivity index is 2.18. The smallest absolute Gasteiger partial charge is 0.0208 e. The Labute approximate surface area is 139 Å². The van der Waals surface area contributed by atoms with E-state index in [0.717, 1.165) is 13.1 Å². The summed E-state index contributed by atoms with van der Waals surface area (Å²) in [6.07, 6.45) is 0. The molecule has 3 rings (SSSR count). The molecular formula is C22H23N. The zero-order valence-electron chi connectivity index (χ0n) is 13.8. The number of hydrogen-bond donors (Lipinski definition) is 1. The minimum Gasteiger partial charge on any atom is -0.313 e. The van der Waals surface area contributed by atoms with Crippen LogP contribution in [0.25, 0.3) is 22.3 Å². The molecule has 0 saturated carbocycles. The Morgan fingerprint density at radius 2 is 1.35 bits per heavy atom. The normalized spacial score (nSPS) is 10.7. The molecular weight excluding hydrogens is 278 g/mol. The third-order valence-corrected chi connectivity index (χ3v) is 4.29. The van der Waals surface area contributed by atoms with Crippen molar-refractivity contribution in [2.45, 2.75) is 20.4 Å². The summed E-state index contributed by atoms with van der Waals surface area (Å²) in [5.74, 6) is 0. The van der Waals surface area contributed by atoms with E-state index < -0.39 is 0 Å². The first-order chi connectivity index (χ1) is 11.3. The van der Waals surface area contributed by atoms with Crippen LogP contribution in [0.1, 0.15) is 18.1 Å². The first-order valence-electron chi connectivity index (χ1n) is 8.25. The van der Waals surface area contributed by atoms with Crippen molar-refractivity contribution in [3.8, 4) is 22.3 Å². The second kappa shape index (κ2) is 7.26. The Morgan fingerprint density at radius 1 is 0.739 bits per heavy atom. The number of hydrogen-bond acceptors (Lipinski definition) is 1. The number of rotatable bonds is 5. The van der Waals surface area contributed by atoms with Gasteiger partial charge >= 0.3 is 0 Å². The molecule has 3 aromatic carbocycles. The third kappa shape index (κ3) is 3.35. The van der Waals surface area contributed by atoms with E-state index in [1.165, 1.54) is 33.4 Å². The van der Waals surface area contributed by atoms with E-state index in [1.54, 1.807) is 0 Å². The largest absolute Gasteiger partial charge is 0.313 e. The van der Waals surface area contributed by atoms with Crippen LogP contribution in [0.3, 0.4) is 0 Å². The van der Waals surface area contributed by atoms with Gasteiger partial charge in [0.05, 0.1) is 0 Å². The van der Waals surface area contributed by atoms with E-state index in [2.05, 4.69) is 92.0 Å². The van der Waals surface area contributed by atoms with Crippen LogP contribution in [0.2, 0.25) is 0 Å². The first kappa shape index (κ1) is 15.5. The minimum absolute atomic E-state index is 0.914. The van der Waals surface area contributed by atoms with Gasteiger partial charge < -0.3 is 5.32 Å². The van der Waals surface area contributed by atoms with Crippen molar-refractivity contribution < 1.29 is 0 Å². The number of benzene rings is 3. The molecule has 0 heterocycles. The van der Waals surface area contributed by atoms with Gasteiger partial charge in [-0.1, -0.05) is 79.7 Å². The Bertz CT molecular complexity index is 761. The quantitative estimate of drug-likeness (QED) is 0.662. The predicted octanol–water partition coefficient (Wildman–Crippen LogP) is 5.44. The van der Waals surface area contributed by atoms with Gasteiger partial charge in [-0.15, -0.1) is 0 Å². The fourth-order valence-electron chi connectivity index (χ4n) is 3.04. The van der Waals surface area contributed by atoms with Crippen LogP contribution in [0, 0.1) is 6.92 Å². The fourth-order valence-corrected chi connectivity index (χ4v) is 3.04. The molecule has 116 valence electrons. The lowest BCUT2D eigenvalue weighted by molar-refractivity contribution is 0.724. The van der Waals surface area contributed by atoms with Gasteiger partial charge in [0.15, 0.2) is 0 Å². The van der Waals surface area contributed by atoms with E-state index in [9.17, 15) is 0 Å². The van der Waals surface area contributed by atoms with Crippen LogP contribution in [0.4, 0.5) is 0 Å². The summed E-state index contributed by atoms with van der Waals surface area (Å²) < 4.78 is 0. The molecule has 0 aliphatic carbocycles. The summed E-state index contributed by atoms with van der Waals surface area (Å²) in [5, 5.41) is 3.44. The van der Waals surface area contributed by atoms with Gasteiger partial charge in [-0.25, -0.2) is 0 Å². The molecule has 0 spiro atoms. The van der Waals surface area contributed by atoms with Gasteiger partial charge in [-0.3, -0.25) is 0 Å². The molecule has 1 nitrogen and oxygen atoms in total. The lowest BCUT2D eigenvalue weighted by Crippen LogP contribution is -2.13. The van der Waals surface area contributed by atoms with Crippen LogP contribution in [-0.2, 0) is 6.54 Å². The van der Waals surface area contributed by atoms with Crippen molar-refractivity contribution in [3.05, 3.63) is 83.9 Å². The monoisotopic (exact) mass is 301 g/mol. The van der Waals surface area contributed by atoms with Crippen LogP contribution in [-0.4, -0.2) is 6.54 Å². The Morgan fingerprint density at radius 3 is 1.96 bits per heavy atom. The van der Waals surface area contributed by atoms with Crippen LogP contribution in [0.5, 0.6) is 0 Å². The van der Waals surface area contributed by atoms with Crippen molar-refractivity contribution in [2.75, 3.05) is 6.54 Å². The molecule has 0 fully saturated rings. The lowest BCUT2D eigenvalue weighted by atomic mass is 9.88. The van der Waals surface area contributed by atoms with Crippen molar-refractivity contribution in [1.82, 2.24) is 5.32 Å². The average molecular weight is 301 g/mol. The van der Waals surface area contributed by atoms with Gasteiger partial charge in [-0.05, 0) is 46.8 Å². The summed E-state index contributed by atoms with van der Waals surface area (Å²) in [4.78, 5) is 0. The highest BCUT2D eigenvalue weighted by molar-refractivity contribution is 5.86. The van der Waals surface area contributed by atoms with Crippen molar-refractivity contribution in [3.63, 3.8) is 0 Å². The predicted molar refractivity (Wildman–Crippen MR) is 99.4 cm³/mol. The highest BCUT2D eigenvalue weighted by atomic mass is 14.8. The third-order valence-electron chi connectivity index (χ3n) is 4.29. The Hall–Kier alpha value is -2.38. The number of nitrogens with one attached hydrogen (secondary N) is 1. The second-order valence-corrected chi connectivity index (χ2v) is 5.78. The van der Waals surface area contributed by atoms with E-state index in [4.69, 9.17) is 0 Å². The summed E-state index contributed by atoms with van der Waals surface area (Å²) in [5.41, 5.74) is 7.91. The molecule has 1 heteroatoms. The lowest BCUT2D eigenvalue weighted by Gasteiger charge is -2.17. The zero-order valence-corrected chi connectivity index (χ0v) is 13.8. The van der Waals surface area contributed by atoms with Crippen LogP contribution < -0.4 is 5.32 Å². The van der Waals surface area contributed by atoms with Crippen LogP contribution >= 0.6 is 0 Å². The van der Waals surface area contributed by atoms with E-state index in [1.807, 2.05) is 0 Å². The van der Waals surface area contributed by atoms with E-state index in [0.29, 0.717) is 0 Å². The van der Waals surface area contributed by atoms with Crippen molar-refractivity contribution in [2.24, 2.45) is 0 Å². The molecule has 0 aliphatic rings. The zero-order chi connectivity index (χ0) is 16.1. The maximum Gasteiger partial charge on any atom is 0.0208 e. The average Bonchev–Trinajstić information content (AvgIpc) is 2.62. The molecule has 0 unspecified atom stereocenters. The molecule has 1 N–H and O–H groups in total. The molecule has 0 amide bonds. The summed E-state index contributed by atoms with van der Waals surface area (Å²) >= 11 is 0. The molecule has 0 aromatic heterocycles. The van der Waals surface area contributed by atoms with E-state index in [-0.39, 0.29) is 0 Å². The maximum atomic E-state index is 3.44. The maximum absolute atomic E-state index is 3.44. The van der Waals surface area contributed by atoms with Crippen molar-refractivity contribution >= 4 is 0 Å². The summed E-state index contributed by atoms with van der Waals surface area (Å²) in [7, 11) is 0. The topological polar surface area (TPSA) is 12.0 Å². The highest BCUT2D eigenvalue weighted by Gasteiger charge is 2.13. The van der Waals surface area contributed by atoms with Gasteiger partial charge in [0.1, 0.15) is 0 Å². The van der Waals surface area contributed by atoms with Crippen molar-refractivity contribution in [1.29, 1.82) is 0 Å². The van der Waals surface area contributed by atoms with Gasteiger partial charge in [-0.2, -0.15) is 0 Å². The molecule has 23 heavy (non-hydrogen) atoms. The van der Waals surface area contributed by atoms with Gasteiger partial charge in [0, 0.05) is 6.54 Å². The Kier molecular flexibility index (Phi) is 4.89. The summed E-state index contributed by atoms with van der Waals surface area (Å²) in [6, 6.07) is 25.9. The molecule has 0 saturated heterocycles. The highest BCUT2D eigenvalue weighted by Crippen LogP contribution is 2.36. The molecule has 0 aliphatic heterocycles. The molecule has 0 atom stereocenters. The SMILES string of the molecule is CCNCc1ccc(-c2ccccc2)c(-c2ccccc2)c1C. The fraction of sp³-hybridized carbons (Fsp3) is 0.182. The minimum atomic E-state index is 0.914. The molecule has 3 aromatic rings. The van der Waals surface area contributed by atoms with Gasteiger partial charge in [0.25, 0.3) is 0 Å². The molecule has 0 bridgehead atoms.